The summed E-state index contributed by atoms with van der Waals surface area (Å²) in [6.45, 7) is 5.44. The Kier molecular flexibility index (Phi) is 4.21. The highest BCUT2D eigenvalue weighted by Crippen LogP contribution is 2.39. The quantitative estimate of drug-likeness (QED) is 0.780. The predicted octanol–water partition coefficient (Wildman–Crippen LogP) is 2.61. The van der Waals surface area contributed by atoms with Crippen LogP contribution in [0.4, 0.5) is 4.79 Å². The maximum Gasteiger partial charge on any atom is 0.329 e. The fourth-order valence-electron chi connectivity index (χ4n) is 2.61. The van der Waals surface area contributed by atoms with E-state index in [0.717, 1.165) is 24.0 Å². The van der Waals surface area contributed by atoms with Gasteiger partial charge in [0.05, 0.1) is 6.04 Å². The maximum atomic E-state index is 12.1. The summed E-state index contributed by atoms with van der Waals surface area (Å²) in [7, 11) is 0. The number of aliphatic carboxylic acids is 1. The van der Waals surface area contributed by atoms with E-state index in [1.165, 1.54) is 0 Å². The number of carbonyl (C=O) groups excluding carboxylic acids is 1. The van der Waals surface area contributed by atoms with Crippen LogP contribution in [-0.2, 0) is 4.79 Å². The van der Waals surface area contributed by atoms with E-state index >= 15 is 0 Å². The van der Waals surface area contributed by atoms with Gasteiger partial charge in [-0.1, -0.05) is 24.3 Å². The Bertz CT molecular complexity index is 554. The number of rotatable bonds is 5. The van der Waals surface area contributed by atoms with Gasteiger partial charge in [0.15, 0.2) is 0 Å². The molecule has 1 aliphatic rings. The third kappa shape index (κ3) is 3.35. The van der Waals surface area contributed by atoms with E-state index in [1.807, 2.05) is 38.1 Å². The van der Waals surface area contributed by atoms with Gasteiger partial charge >= 0.3 is 12.0 Å². The molecule has 114 valence electrons. The van der Waals surface area contributed by atoms with Crippen molar-refractivity contribution in [1.29, 1.82) is 0 Å². The van der Waals surface area contributed by atoms with Crippen molar-refractivity contribution in [1.82, 2.24) is 10.6 Å². The van der Waals surface area contributed by atoms with Crippen LogP contribution < -0.4 is 10.6 Å². The van der Waals surface area contributed by atoms with Crippen LogP contribution in [0.5, 0.6) is 0 Å². The van der Waals surface area contributed by atoms with Crippen LogP contribution in [0.3, 0.4) is 0 Å². The third-order valence-electron chi connectivity index (χ3n) is 4.21. The molecule has 2 rings (SSSR count). The normalized spacial score (nSPS) is 18.4. The molecule has 0 spiro atoms. The molecule has 1 saturated carbocycles. The molecule has 3 N–H and O–H groups in total. The van der Waals surface area contributed by atoms with Crippen molar-refractivity contribution < 1.29 is 14.7 Å². The predicted molar refractivity (Wildman–Crippen MR) is 80.0 cm³/mol. The second-order valence-electron chi connectivity index (χ2n) is 5.96. The van der Waals surface area contributed by atoms with Crippen molar-refractivity contribution in [2.24, 2.45) is 5.92 Å². The Morgan fingerprint density at radius 2 is 1.95 bits per heavy atom. The lowest BCUT2D eigenvalue weighted by molar-refractivity contribution is -0.144. The van der Waals surface area contributed by atoms with Crippen molar-refractivity contribution >= 4 is 12.0 Å². The van der Waals surface area contributed by atoms with Gasteiger partial charge in [0, 0.05) is 0 Å². The lowest BCUT2D eigenvalue weighted by atomic mass is 9.96. The summed E-state index contributed by atoms with van der Waals surface area (Å²) in [5.74, 6) is -0.960. The Labute approximate surface area is 124 Å². The number of aryl methyl sites for hydroxylation is 1. The molecule has 1 fully saturated rings. The van der Waals surface area contributed by atoms with Crippen LogP contribution in [0.1, 0.15) is 43.9 Å². The summed E-state index contributed by atoms with van der Waals surface area (Å²) in [6.07, 6.45) is 1.69. The summed E-state index contributed by atoms with van der Waals surface area (Å²) in [5.41, 5.74) is 0.930. The van der Waals surface area contributed by atoms with Gasteiger partial charge in [-0.25, -0.2) is 9.59 Å². The van der Waals surface area contributed by atoms with E-state index < -0.39 is 17.5 Å². The SMILES string of the molecule is Cc1ccccc1C(C)NC(=O)NC(C)(C(=O)O)C1CC1. The molecule has 0 bridgehead atoms. The first-order chi connectivity index (χ1) is 9.84. The zero-order chi connectivity index (χ0) is 15.6. The van der Waals surface area contributed by atoms with Gasteiger partial charge in [-0.05, 0) is 50.7 Å². The largest absolute Gasteiger partial charge is 0.480 e. The average Bonchev–Trinajstić information content (AvgIpc) is 3.22. The van der Waals surface area contributed by atoms with Gasteiger partial charge in [-0.2, -0.15) is 0 Å². The molecular formula is C16H22N2O3. The monoisotopic (exact) mass is 290 g/mol. The van der Waals surface area contributed by atoms with Gasteiger partial charge in [0.25, 0.3) is 0 Å². The highest BCUT2D eigenvalue weighted by atomic mass is 16.4. The molecule has 1 aliphatic carbocycles. The molecule has 0 aromatic heterocycles. The minimum absolute atomic E-state index is 0.0227. The Morgan fingerprint density at radius 1 is 1.33 bits per heavy atom. The number of hydrogen-bond donors (Lipinski definition) is 3. The van der Waals surface area contributed by atoms with Crippen molar-refractivity contribution in [3.8, 4) is 0 Å². The van der Waals surface area contributed by atoms with Gasteiger partial charge in [-0.15, -0.1) is 0 Å². The first-order valence-corrected chi connectivity index (χ1v) is 7.22. The summed E-state index contributed by atoms with van der Waals surface area (Å²) in [4.78, 5) is 23.5. The van der Waals surface area contributed by atoms with Crippen LogP contribution in [0.25, 0.3) is 0 Å². The molecule has 0 aliphatic heterocycles. The minimum Gasteiger partial charge on any atom is -0.480 e. The zero-order valence-corrected chi connectivity index (χ0v) is 12.6. The van der Waals surface area contributed by atoms with Gasteiger partial charge in [-0.3, -0.25) is 0 Å². The number of urea groups is 1. The summed E-state index contributed by atoms with van der Waals surface area (Å²) in [5, 5.41) is 14.8. The lowest BCUT2D eigenvalue weighted by Crippen LogP contribution is -2.57. The van der Waals surface area contributed by atoms with E-state index in [2.05, 4.69) is 10.6 Å². The molecular weight excluding hydrogens is 268 g/mol. The number of amides is 2. The lowest BCUT2D eigenvalue weighted by Gasteiger charge is -2.27. The van der Waals surface area contributed by atoms with E-state index in [0.29, 0.717) is 0 Å². The third-order valence-corrected chi connectivity index (χ3v) is 4.21. The zero-order valence-electron chi connectivity index (χ0n) is 12.6. The Hall–Kier alpha value is -2.04. The number of nitrogens with one attached hydrogen (secondary N) is 2. The number of carboxylic acids is 1. The number of benzene rings is 1. The highest BCUT2D eigenvalue weighted by molar-refractivity contribution is 5.86. The Morgan fingerprint density at radius 3 is 2.48 bits per heavy atom. The molecule has 5 nitrogen and oxygen atoms in total. The Balaban J connectivity index is 2.01. The molecule has 1 aromatic carbocycles. The van der Waals surface area contributed by atoms with Gasteiger partial charge in [0.2, 0.25) is 0 Å². The first-order valence-electron chi connectivity index (χ1n) is 7.22. The van der Waals surface area contributed by atoms with Crippen molar-refractivity contribution in [3.05, 3.63) is 35.4 Å². The molecule has 0 radical (unpaired) electrons. The van der Waals surface area contributed by atoms with Crippen LogP contribution in [0.15, 0.2) is 24.3 Å². The first kappa shape index (κ1) is 15.4. The van der Waals surface area contributed by atoms with Crippen molar-refractivity contribution in [3.63, 3.8) is 0 Å². The molecule has 5 heteroatoms. The fraction of sp³-hybridized carbons (Fsp3) is 0.500. The maximum absolute atomic E-state index is 12.1. The van der Waals surface area contributed by atoms with Crippen LogP contribution >= 0.6 is 0 Å². The van der Waals surface area contributed by atoms with Crippen LogP contribution in [0, 0.1) is 12.8 Å². The summed E-state index contributed by atoms with van der Waals surface area (Å²) in [6, 6.07) is 7.18. The summed E-state index contributed by atoms with van der Waals surface area (Å²) < 4.78 is 0. The molecule has 21 heavy (non-hydrogen) atoms. The molecule has 2 unspecified atom stereocenters. The molecule has 0 heterocycles. The van der Waals surface area contributed by atoms with E-state index in [-0.39, 0.29) is 12.0 Å². The highest BCUT2D eigenvalue weighted by Gasteiger charge is 2.48. The molecule has 2 amide bonds. The second-order valence-corrected chi connectivity index (χ2v) is 5.96. The van der Waals surface area contributed by atoms with E-state index in [1.54, 1.807) is 6.92 Å². The average molecular weight is 290 g/mol. The fourth-order valence-corrected chi connectivity index (χ4v) is 2.61. The van der Waals surface area contributed by atoms with Gasteiger partial charge < -0.3 is 15.7 Å². The number of hydrogen-bond acceptors (Lipinski definition) is 2. The second kappa shape index (κ2) is 5.76. The minimum atomic E-state index is -1.18. The van der Waals surface area contributed by atoms with E-state index in [4.69, 9.17) is 0 Å². The number of carboxylic acid groups (broad SMARTS) is 1. The van der Waals surface area contributed by atoms with E-state index in [9.17, 15) is 14.7 Å². The smallest absolute Gasteiger partial charge is 0.329 e. The molecule has 1 aromatic rings. The molecule has 0 saturated heterocycles. The van der Waals surface area contributed by atoms with Gasteiger partial charge in [0.1, 0.15) is 5.54 Å². The van der Waals surface area contributed by atoms with Crippen LogP contribution in [-0.4, -0.2) is 22.6 Å². The van der Waals surface area contributed by atoms with Crippen LogP contribution in [0.2, 0.25) is 0 Å². The number of carbonyl (C=O) groups is 2. The van der Waals surface area contributed by atoms with Crippen molar-refractivity contribution in [2.75, 3.05) is 0 Å². The van der Waals surface area contributed by atoms with Crippen molar-refractivity contribution in [2.45, 2.75) is 45.2 Å². The standard InChI is InChI=1S/C16H22N2O3/c1-10-6-4-5-7-13(10)11(2)17-15(21)18-16(3,14(19)20)12-8-9-12/h4-7,11-12H,8-9H2,1-3H3,(H,19,20)(H2,17,18,21). The molecule has 2 atom stereocenters. The summed E-state index contributed by atoms with van der Waals surface area (Å²) >= 11 is 0. The topological polar surface area (TPSA) is 78.4 Å².